The third-order valence-corrected chi connectivity index (χ3v) is 5.17. The Morgan fingerprint density at radius 3 is 2.62 bits per heavy atom. The van der Waals surface area contributed by atoms with E-state index in [-0.39, 0.29) is 6.61 Å². The van der Waals surface area contributed by atoms with Crippen molar-refractivity contribution in [3.63, 3.8) is 0 Å². The molecule has 0 amide bonds. The highest BCUT2D eigenvalue weighted by molar-refractivity contribution is 6.30. The first-order valence-corrected chi connectivity index (χ1v) is 9.81. The minimum absolute atomic E-state index is 0.265. The molecule has 5 nitrogen and oxygen atoms in total. The average molecular weight is 409 g/mol. The number of nitrogens with one attached hydrogen (secondary N) is 1. The first-order chi connectivity index (χ1) is 14.1. The largest absolute Gasteiger partial charge is 0.461 e. The summed E-state index contributed by atoms with van der Waals surface area (Å²) in [6.45, 7) is 2.34. The number of nitrogens with zero attached hydrogens (tertiary/aromatic N) is 1. The average Bonchev–Trinajstić information content (AvgIpc) is 3.10. The maximum absolute atomic E-state index is 12.5. The van der Waals surface area contributed by atoms with Gasteiger partial charge in [0.1, 0.15) is 0 Å². The van der Waals surface area contributed by atoms with Gasteiger partial charge in [0.25, 0.3) is 0 Å². The van der Waals surface area contributed by atoms with Crippen molar-refractivity contribution >= 4 is 39.4 Å². The summed E-state index contributed by atoms with van der Waals surface area (Å²) in [4.78, 5) is 20.3. The molecule has 0 bridgehead atoms. The second kappa shape index (κ2) is 8.23. The molecule has 0 unspecified atom stereocenters. The third-order valence-electron chi connectivity index (χ3n) is 4.92. The smallest absolute Gasteiger partial charge is 0.357 e. The van der Waals surface area contributed by atoms with Crippen LogP contribution in [-0.4, -0.2) is 29.7 Å². The van der Waals surface area contributed by atoms with Crippen LogP contribution in [-0.2, 0) is 22.5 Å². The van der Waals surface area contributed by atoms with Gasteiger partial charge in [0.2, 0.25) is 0 Å². The fraction of sp³-hybridized carbons (Fsp3) is 0.217. The molecule has 0 aliphatic heterocycles. The van der Waals surface area contributed by atoms with Gasteiger partial charge in [-0.25, -0.2) is 9.78 Å². The molecule has 0 saturated carbocycles. The van der Waals surface area contributed by atoms with Crippen molar-refractivity contribution in [1.29, 1.82) is 0 Å². The number of carbonyl (C=O) groups excluding carboxylic acids is 1. The number of esters is 1. The molecule has 0 aliphatic rings. The Bertz CT molecular complexity index is 1180. The monoisotopic (exact) mass is 408 g/mol. The Balaban J connectivity index is 1.94. The van der Waals surface area contributed by atoms with E-state index in [0.29, 0.717) is 17.3 Å². The Morgan fingerprint density at radius 1 is 1.10 bits per heavy atom. The lowest BCUT2D eigenvalue weighted by atomic mass is 9.97. The molecule has 0 fully saturated rings. The van der Waals surface area contributed by atoms with Gasteiger partial charge in [-0.3, -0.25) is 0 Å². The summed E-state index contributed by atoms with van der Waals surface area (Å²) < 4.78 is 10.6. The van der Waals surface area contributed by atoms with Crippen molar-refractivity contribution in [2.24, 2.45) is 0 Å². The van der Waals surface area contributed by atoms with Crippen LogP contribution in [0.4, 0.5) is 0 Å². The first kappa shape index (κ1) is 19.4. The van der Waals surface area contributed by atoms with Gasteiger partial charge in [0, 0.05) is 34.0 Å². The predicted octanol–water partition coefficient (Wildman–Crippen LogP) is 5.28. The molecule has 0 spiro atoms. The van der Waals surface area contributed by atoms with Crippen LogP contribution in [0.2, 0.25) is 5.02 Å². The van der Waals surface area contributed by atoms with E-state index in [1.54, 1.807) is 20.2 Å². The van der Waals surface area contributed by atoms with E-state index in [9.17, 15) is 4.79 Å². The highest BCUT2D eigenvalue weighted by Crippen LogP contribution is 2.33. The van der Waals surface area contributed by atoms with Crippen LogP contribution < -0.4 is 0 Å². The number of H-pyrrole nitrogens is 1. The van der Waals surface area contributed by atoms with Crippen LogP contribution in [0.3, 0.4) is 0 Å². The van der Waals surface area contributed by atoms with Gasteiger partial charge in [0.15, 0.2) is 5.69 Å². The highest BCUT2D eigenvalue weighted by Gasteiger charge is 2.21. The number of halogens is 1. The molecule has 29 heavy (non-hydrogen) atoms. The molecule has 4 aromatic rings. The van der Waals surface area contributed by atoms with Crippen LogP contribution >= 0.6 is 11.6 Å². The fourth-order valence-corrected chi connectivity index (χ4v) is 3.83. The molecule has 4 rings (SSSR count). The summed E-state index contributed by atoms with van der Waals surface area (Å²) in [5.41, 5.74) is 5.19. The molecule has 2 aromatic carbocycles. The minimum Gasteiger partial charge on any atom is -0.461 e. The van der Waals surface area contributed by atoms with Crippen molar-refractivity contribution < 1.29 is 14.3 Å². The standard InChI is InChI=1S/C23H21ClN2O3/c1-3-29-23(27)22-17(13-28-2)21-19(12-25-22)26-18-6-4-5-15(20(18)21)11-14-7-9-16(24)10-8-14/h4-10,12,26H,3,11,13H2,1-2H3. The first-order valence-electron chi connectivity index (χ1n) is 9.44. The fourth-order valence-electron chi connectivity index (χ4n) is 3.71. The molecule has 0 atom stereocenters. The number of carbonyl (C=O) groups is 1. The van der Waals surface area contributed by atoms with Gasteiger partial charge in [-0.1, -0.05) is 35.9 Å². The Morgan fingerprint density at radius 2 is 1.90 bits per heavy atom. The van der Waals surface area contributed by atoms with Gasteiger partial charge in [-0.15, -0.1) is 0 Å². The molecule has 148 valence electrons. The molecule has 0 saturated heterocycles. The number of aromatic nitrogens is 2. The topological polar surface area (TPSA) is 64.2 Å². The van der Waals surface area contributed by atoms with E-state index in [0.717, 1.165) is 44.9 Å². The second-order valence-corrected chi connectivity index (χ2v) is 7.23. The van der Waals surface area contributed by atoms with Gasteiger partial charge in [-0.05, 0) is 42.7 Å². The molecule has 6 heteroatoms. The number of fused-ring (bicyclic) bond motifs is 3. The number of benzene rings is 2. The molecule has 0 aliphatic carbocycles. The van der Waals surface area contributed by atoms with Crippen molar-refractivity contribution in [1.82, 2.24) is 9.97 Å². The van der Waals surface area contributed by atoms with Gasteiger partial charge in [0.05, 0.1) is 24.9 Å². The normalized spacial score (nSPS) is 11.3. The Kier molecular flexibility index (Phi) is 5.51. The molecule has 2 aromatic heterocycles. The van der Waals surface area contributed by atoms with E-state index >= 15 is 0 Å². The zero-order chi connectivity index (χ0) is 20.4. The van der Waals surface area contributed by atoms with Crippen LogP contribution in [0.1, 0.15) is 34.1 Å². The molecule has 1 N–H and O–H groups in total. The summed E-state index contributed by atoms with van der Waals surface area (Å²) in [6, 6.07) is 14.0. The number of hydrogen-bond donors (Lipinski definition) is 1. The molecular formula is C23H21ClN2O3. The number of methoxy groups -OCH3 is 1. The third kappa shape index (κ3) is 3.71. The zero-order valence-corrected chi connectivity index (χ0v) is 17.0. The minimum atomic E-state index is -0.439. The van der Waals surface area contributed by atoms with Gasteiger partial charge >= 0.3 is 5.97 Å². The molecule has 2 heterocycles. The van der Waals surface area contributed by atoms with Crippen molar-refractivity contribution in [2.45, 2.75) is 20.0 Å². The van der Waals surface area contributed by atoms with Gasteiger partial charge in [-0.2, -0.15) is 0 Å². The summed E-state index contributed by atoms with van der Waals surface area (Å²) in [5, 5.41) is 2.73. The second-order valence-electron chi connectivity index (χ2n) is 6.80. The van der Waals surface area contributed by atoms with Crippen LogP contribution in [0.25, 0.3) is 21.8 Å². The quantitative estimate of drug-likeness (QED) is 0.440. The van der Waals surface area contributed by atoms with Crippen molar-refractivity contribution in [2.75, 3.05) is 13.7 Å². The van der Waals surface area contributed by atoms with Crippen LogP contribution in [0.15, 0.2) is 48.7 Å². The number of ether oxygens (including phenoxy) is 2. The maximum atomic E-state index is 12.5. The lowest BCUT2D eigenvalue weighted by Crippen LogP contribution is -2.11. The Hall–Kier alpha value is -2.89. The van der Waals surface area contributed by atoms with Crippen molar-refractivity contribution in [3.8, 4) is 0 Å². The lowest BCUT2D eigenvalue weighted by molar-refractivity contribution is 0.0514. The maximum Gasteiger partial charge on any atom is 0.357 e. The molecular weight excluding hydrogens is 388 g/mol. The van der Waals surface area contributed by atoms with E-state index in [2.05, 4.69) is 16.0 Å². The van der Waals surface area contributed by atoms with E-state index in [1.807, 2.05) is 36.4 Å². The van der Waals surface area contributed by atoms with Gasteiger partial charge < -0.3 is 14.5 Å². The summed E-state index contributed by atoms with van der Waals surface area (Å²) in [5.74, 6) is -0.439. The predicted molar refractivity (Wildman–Crippen MR) is 115 cm³/mol. The summed E-state index contributed by atoms with van der Waals surface area (Å²) in [6.07, 6.45) is 2.43. The Labute approximate surface area is 173 Å². The van der Waals surface area contributed by atoms with E-state index < -0.39 is 5.97 Å². The van der Waals surface area contributed by atoms with Crippen LogP contribution in [0.5, 0.6) is 0 Å². The zero-order valence-electron chi connectivity index (χ0n) is 16.3. The lowest BCUT2D eigenvalue weighted by Gasteiger charge is -2.11. The SMILES string of the molecule is CCOC(=O)c1ncc2[nH]c3cccc(Cc4ccc(Cl)cc4)c3c2c1COC. The molecule has 0 radical (unpaired) electrons. The van der Waals surface area contributed by atoms with Crippen molar-refractivity contribution in [3.05, 3.63) is 76.1 Å². The van der Waals surface area contributed by atoms with Crippen LogP contribution in [0, 0.1) is 0 Å². The number of pyridine rings is 1. The number of hydrogen-bond acceptors (Lipinski definition) is 4. The number of rotatable bonds is 6. The summed E-state index contributed by atoms with van der Waals surface area (Å²) >= 11 is 6.03. The highest BCUT2D eigenvalue weighted by atomic mass is 35.5. The van der Waals surface area contributed by atoms with E-state index in [4.69, 9.17) is 21.1 Å². The van der Waals surface area contributed by atoms with E-state index in [1.165, 1.54) is 0 Å². The summed E-state index contributed by atoms with van der Waals surface area (Å²) in [7, 11) is 1.61. The number of aromatic amines is 1.